The normalized spacial score (nSPS) is 11.9. The Labute approximate surface area is 99.0 Å². The molecule has 0 spiro atoms. The number of anilines is 1. The van der Waals surface area contributed by atoms with Gasteiger partial charge in [-0.15, -0.1) is 0 Å². The first-order valence-corrected chi connectivity index (χ1v) is 6.65. The molecule has 92 valence electrons. The molecule has 0 bridgehead atoms. The number of primary sulfonamides is 1. The smallest absolute Gasteiger partial charge is 0.253 e. The SMILES string of the molecule is NCCNc1ccc2cc(S(N)(=O)=O)[nH]c2c1. The van der Waals surface area contributed by atoms with E-state index in [1.807, 2.05) is 18.2 Å². The van der Waals surface area contributed by atoms with Gasteiger partial charge >= 0.3 is 0 Å². The molecule has 2 rings (SSSR count). The number of nitrogens with two attached hydrogens (primary N) is 2. The summed E-state index contributed by atoms with van der Waals surface area (Å²) < 4.78 is 22.3. The van der Waals surface area contributed by atoms with Crippen LogP contribution >= 0.6 is 0 Å². The van der Waals surface area contributed by atoms with Crippen LogP contribution in [-0.4, -0.2) is 26.5 Å². The lowest BCUT2D eigenvalue weighted by Gasteiger charge is -2.03. The molecule has 0 saturated heterocycles. The van der Waals surface area contributed by atoms with Gasteiger partial charge in [0.25, 0.3) is 10.0 Å². The van der Waals surface area contributed by atoms with Gasteiger partial charge in [-0.2, -0.15) is 0 Å². The van der Waals surface area contributed by atoms with Crippen molar-refractivity contribution in [2.45, 2.75) is 5.03 Å². The average Bonchev–Trinajstić information content (AvgIpc) is 2.68. The molecule has 6 N–H and O–H groups in total. The first-order valence-electron chi connectivity index (χ1n) is 5.10. The van der Waals surface area contributed by atoms with Crippen molar-refractivity contribution in [2.24, 2.45) is 10.9 Å². The third kappa shape index (κ3) is 2.57. The maximum Gasteiger partial charge on any atom is 0.253 e. The highest BCUT2D eigenvalue weighted by molar-refractivity contribution is 7.89. The van der Waals surface area contributed by atoms with Crippen LogP contribution in [-0.2, 0) is 10.0 Å². The van der Waals surface area contributed by atoms with E-state index in [9.17, 15) is 8.42 Å². The van der Waals surface area contributed by atoms with Crippen LogP contribution in [0.5, 0.6) is 0 Å². The summed E-state index contributed by atoms with van der Waals surface area (Å²) in [6.07, 6.45) is 0. The number of benzene rings is 1. The summed E-state index contributed by atoms with van der Waals surface area (Å²) in [7, 11) is -3.69. The molecule has 0 atom stereocenters. The molecule has 1 aromatic heterocycles. The Kier molecular flexibility index (Phi) is 3.05. The first kappa shape index (κ1) is 11.9. The molecule has 2 aromatic rings. The van der Waals surface area contributed by atoms with Gasteiger partial charge in [0.2, 0.25) is 0 Å². The maximum absolute atomic E-state index is 11.2. The van der Waals surface area contributed by atoms with Crippen LogP contribution in [0.15, 0.2) is 29.3 Å². The summed E-state index contributed by atoms with van der Waals surface area (Å²) in [5.41, 5.74) is 6.98. The van der Waals surface area contributed by atoms with Crippen molar-refractivity contribution in [3.05, 3.63) is 24.3 Å². The van der Waals surface area contributed by atoms with Crippen LogP contribution in [0.1, 0.15) is 0 Å². The molecular formula is C10H14N4O2S. The Balaban J connectivity index is 2.41. The zero-order valence-corrected chi connectivity index (χ0v) is 9.92. The van der Waals surface area contributed by atoms with Gasteiger partial charge in [0, 0.05) is 29.7 Å². The molecule has 1 aromatic carbocycles. The first-order chi connectivity index (χ1) is 8.00. The second kappa shape index (κ2) is 4.36. The predicted octanol–water partition coefficient (Wildman–Crippen LogP) is 0.186. The molecule has 0 radical (unpaired) electrons. The Morgan fingerprint density at radius 2 is 2.06 bits per heavy atom. The summed E-state index contributed by atoms with van der Waals surface area (Å²) in [5, 5.41) is 8.97. The van der Waals surface area contributed by atoms with E-state index < -0.39 is 10.0 Å². The van der Waals surface area contributed by atoms with E-state index in [4.69, 9.17) is 10.9 Å². The van der Waals surface area contributed by atoms with Crippen LogP contribution in [0.3, 0.4) is 0 Å². The van der Waals surface area contributed by atoms with Gasteiger partial charge in [-0.05, 0) is 18.2 Å². The molecule has 0 aliphatic heterocycles. The minimum Gasteiger partial charge on any atom is -0.384 e. The highest BCUT2D eigenvalue weighted by atomic mass is 32.2. The molecule has 0 saturated carbocycles. The highest BCUT2D eigenvalue weighted by Crippen LogP contribution is 2.21. The molecule has 7 heteroatoms. The van der Waals surface area contributed by atoms with Gasteiger partial charge in [0.05, 0.1) is 0 Å². The van der Waals surface area contributed by atoms with Crippen molar-refractivity contribution >= 4 is 26.6 Å². The Morgan fingerprint density at radius 1 is 1.29 bits per heavy atom. The molecule has 6 nitrogen and oxygen atoms in total. The summed E-state index contributed by atoms with van der Waals surface area (Å²) in [4.78, 5) is 2.77. The van der Waals surface area contributed by atoms with Crippen LogP contribution in [0.25, 0.3) is 10.9 Å². The minimum atomic E-state index is -3.69. The summed E-state index contributed by atoms with van der Waals surface area (Å²) in [5.74, 6) is 0. The molecule has 0 aliphatic rings. The molecule has 0 unspecified atom stereocenters. The van der Waals surface area contributed by atoms with Gasteiger partial charge in [-0.1, -0.05) is 6.07 Å². The molecule has 17 heavy (non-hydrogen) atoms. The van der Waals surface area contributed by atoms with E-state index >= 15 is 0 Å². The van der Waals surface area contributed by atoms with Crippen molar-refractivity contribution in [1.82, 2.24) is 4.98 Å². The Bertz CT molecular complexity index is 633. The van der Waals surface area contributed by atoms with Gasteiger partial charge in [-0.3, -0.25) is 0 Å². The summed E-state index contributed by atoms with van der Waals surface area (Å²) in [6, 6.07) is 7.01. The molecule has 0 aliphatic carbocycles. The fourth-order valence-corrected chi connectivity index (χ4v) is 2.12. The lowest BCUT2D eigenvalue weighted by molar-refractivity contribution is 0.595. The fraction of sp³-hybridized carbons (Fsp3) is 0.200. The number of sulfonamides is 1. The van der Waals surface area contributed by atoms with Crippen LogP contribution < -0.4 is 16.2 Å². The van der Waals surface area contributed by atoms with Crippen molar-refractivity contribution in [2.75, 3.05) is 18.4 Å². The quantitative estimate of drug-likeness (QED) is 0.623. The molecular weight excluding hydrogens is 240 g/mol. The van der Waals surface area contributed by atoms with E-state index in [1.165, 1.54) is 6.07 Å². The zero-order chi connectivity index (χ0) is 12.5. The topological polar surface area (TPSA) is 114 Å². The van der Waals surface area contributed by atoms with E-state index in [0.717, 1.165) is 16.6 Å². The van der Waals surface area contributed by atoms with Crippen molar-refractivity contribution < 1.29 is 8.42 Å². The Hall–Kier alpha value is -1.57. The fourth-order valence-electron chi connectivity index (χ4n) is 1.58. The van der Waals surface area contributed by atoms with Gasteiger partial charge in [0.1, 0.15) is 5.03 Å². The number of aromatic nitrogens is 1. The summed E-state index contributed by atoms with van der Waals surface area (Å²) in [6.45, 7) is 1.19. The van der Waals surface area contributed by atoms with Crippen LogP contribution in [0.2, 0.25) is 0 Å². The second-order valence-electron chi connectivity index (χ2n) is 3.70. The van der Waals surface area contributed by atoms with Gasteiger partial charge in [-0.25, -0.2) is 13.6 Å². The predicted molar refractivity (Wildman–Crippen MR) is 67.2 cm³/mol. The number of fused-ring (bicyclic) bond motifs is 1. The minimum absolute atomic E-state index is 0.0171. The number of nitrogens with one attached hydrogen (secondary N) is 2. The van der Waals surface area contributed by atoms with E-state index in [1.54, 1.807) is 0 Å². The third-order valence-electron chi connectivity index (χ3n) is 2.38. The third-order valence-corrected chi connectivity index (χ3v) is 3.21. The number of aromatic amines is 1. The van der Waals surface area contributed by atoms with E-state index in [2.05, 4.69) is 10.3 Å². The van der Waals surface area contributed by atoms with Crippen molar-refractivity contribution in [3.8, 4) is 0 Å². The van der Waals surface area contributed by atoms with E-state index in [-0.39, 0.29) is 5.03 Å². The van der Waals surface area contributed by atoms with Crippen LogP contribution in [0.4, 0.5) is 5.69 Å². The zero-order valence-electron chi connectivity index (χ0n) is 9.10. The maximum atomic E-state index is 11.2. The Morgan fingerprint density at radius 3 is 2.71 bits per heavy atom. The largest absolute Gasteiger partial charge is 0.384 e. The lowest BCUT2D eigenvalue weighted by Crippen LogP contribution is -2.12. The van der Waals surface area contributed by atoms with Gasteiger partial charge < -0.3 is 16.0 Å². The van der Waals surface area contributed by atoms with Crippen molar-refractivity contribution in [3.63, 3.8) is 0 Å². The van der Waals surface area contributed by atoms with Gasteiger partial charge in [0.15, 0.2) is 0 Å². The lowest BCUT2D eigenvalue weighted by atomic mass is 10.2. The second-order valence-corrected chi connectivity index (χ2v) is 5.23. The number of hydrogen-bond acceptors (Lipinski definition) is 4. The molecule has 1 heterocycles. The van der Waals surface area contributed by atoms with Crippen LogP contribution in [0, 0.1) is 0 Å². The van der Waals surface area contributed by atoms with E-state index in [0.29, 0.717) is 13.1 Å². The molecule has 0 amide bonds. The molecule has 0 fully saturated rings. The average molecular weight is 254 g/mol. The number of H-pyrrole nitrogens is 1. The standard InChI is InChI=1S/C10H14N4O2S/c11-3-4-13-8-2-1-7-5-10(17(12,15)16)14-9(7)6-8/h1-2,5-6,13-14H,3-4,11H2,(H2,12,15,16). The van der Waals surface area contributed by atoms with Crippen molar-refractivity contribution in [1.29, 1.82) is 0 Å². The number of rotatable bonds is 4. The monoisotopic (exact) mass is 254 g/mol. The highest BCUT2D eigenvalue weighted by Gasteiger charge is 2.11. The number of hydrogen-bond donors (Lipinski definition) is 4. The summed E-state index contributed by atoms with van der Waals surface area (Å²) >= 11 is 0.